The minimum atomic E-state index is -2.94. The van der Waals surface area contributed by atoms with Crippen LogP contribution in [0.1, 0.15) is 91.4 Å². The van der Waals surface area contributed by atoms with Gasteiger partial charge in [-0.15, -0.1) is 0 Å². The van der Waals surface area contributed by atoms with Gasteiger partial charge in [0, 0.05) is 24.3 Å². The molecule has 2 heterocycles. The van der Waals surface area contributed by atoms with Crippen molar-refractivity contribution in [3.05, 3.63) is 11.6 Å². The molecule has 15 heteroatoms. The highest BCUT2D eigenvalue weighted by atomic mass is 16.6. The summed E-state index contributed by atoms with van der Waals surface area (Å²) in [5.74, 6) is -6.99. The topological polar surface area (TPSA) is 247 Å². The van der Waals surface area contributed by atoms with Gasteiger partial charge in [-0.2, -0.15) is 0 Å². The minimum absolute atomic E-state index is 0.0209. The van der Waals surface area contributed by atoms with Gasteiger partial charge in [-0.25, -0.2) is 9.59 Å². The third-order valence-electron chi connectivity index (χ3n) is 8.61. The van der Waals surface area contributed by atoms with E-state index >= 15 is 0 Å². The van der Waals surface area contributed by atoms with Crippen LogP contribution in [0, 0.1) is 11.8 Å². The van der Waals surface area contributed by atoms with Crippen LogP contribution in [0.25, 0.3) is 0 Å². The Morgan fingerprint density at radius 3 is 2.17 bits per heavy atom. The SMILES string of the molecule is C/C(=C\C(=O)OCCCCCCCCC(=O)O)C[C@@H]1OC[C@H](C[C@@H]2O[C@H]2[C@@H](C)[C@H](C)O)[C@@H](O)[C@H]1OC(=O)CC(O)(CC(=O)O)C(=O)O. The molecule has 0 aromatic carbocycles. The van der Waals surface area contributed by atoms with Gasteiger partial charge in [0.2, 0.25) is 0 Å². The Labute approximate surface area is 273 Å². The highest BCUT2D eigenvalue weighted by Gasteiger charge is 2.50. The van der Waals surface area contributed by atoms with Gasteiger partial charge in [-0.1, -0.05) is 38.2 Å². The number of ether oxygens (including phenoxy) is 4. The van der Waals surface area contributed by atoms with E-state index in [2.05, 4.69) is 0 Å². The van der Waals surface area contributed by atoms with Crippen molar-refractivity contribution >= 4 is 29.8 Å². The average molecular weight is 675 g/mol. The quantitative estimate of drug-likeness (QED) is 0.0415. The molecule has 9 atom stereocenters. The predicted octanol–water partition coefficient (Wildman–Crippen LogP) is 1.82. The third kappa shape index (κ3) is 13.9. The second kappa shape index (κ2) is 19.0. The standard InChI is InChI=1S/C32H50O15/c1-18(13-26(38)44-11-9-7-5-4-6-8-10-24(34)35)12-22-30(47-27(39)16-32(43,31(41)42)15-25(36)37)28(40)21(17-45-22)14-23-29(46-23)19(2)20(3)33/h13,19-23,28-30,33,40,43H,4-12,14-17H2,1-3H3,(H,34,35)(H,36,37)(H,41,42)/b18-13+/t19-,20-,21-,22-,23-,28+,29-,30-,32?/m0/s1. The Kier molecular flexibility index (Phi) is 16.2. The van der Waals surface area contributed by atoms with E-state index in [0.29, 0.717) is 24.8 Å². The molecule has 0 saturated carbocycles. The number of aliphatic hydroxyl groups excluding tert-OH is 2. The average Bonchev–Trinajstić information content (AvgIpc) is 3.73. The highest BCUT2D eigenvalue weighted by Crippen LogP contribution is 2.39. The number of hydrogen-bond donors (Lipinski definition) is 6. The highest BCUT2D eigenvalue weighted by molar-refractivity contribution is 5.88. The van der Waals surface area contributed by atoms with E-state index in [9.17, 15) is 44.4 Å². The van der Waals surface area contributed by atoms with E-state index < -0.39 is 78.6 Å². The molecule has 0 aromatic rings. The molecule has 0 aromatic heterocycles. The first-order valence-corrected chi connectivity index (χ1v) is 16.1. The van der Waals surface area contributed by atoms with Crippen LogP contribution in [0.3, 0.4) is 0 Å². The first-order valence-electron chi connectivity index (χ1n) is 16.1. The van der Waals surface area contributed by atoms with Crippen LogP contribution in [0.4, 0.5) is 0 Å². The van der Waals surface area contributed by atoms with Crippen molar-refractivity contribution in [1.29, 1.82) is 0 Å². The third-order valence-corrected chi connectivity index (χ3v) is 8.61. The Morgan fingerprint density at radius 1 is 0.936 bits per heavy atom. The van der Waals surface area contributed by atoms with E-state index in [1.54, 1.807) is 13.8 Å². The van der Waals surface area contributed by atoms with Crippen LogP contribution in [-0.2, 0) is 42.9 Å². The summed E-state index contributed by atoms with van der Waals surface area (Å²) >= 11 is 0. The van der Waals surface area contributed by atoms with Crippen molar-refractivity contribution in [2.45, 2.75) is 134 Å². The summed E-state index contributed by atoms with van der Waals surface area (Å²) in [6.45, 7) is 5.33. The number of hydrogen-bond acceptors (Lipinski definition) is 12. The summed E-state index contributed by atoms with van der Waals surface area (Å²) in [5, 5.41) is 58.5. The molecule has 47 heavy (non-hydrogen) atoms. The Balaban J connectivity index is 2.01. The van der Waals surface area contributed by atoms with Crippen LogP contribution in [-0.4, -0.2) is 116 Å². The van der Waals surface area contributed by atoms with E-state index in [0.717, 1.165) is 25.7 Å². The zero-order valence-corrected chi connectivity index (χ0v) is 27.2. The maximum atomic E-state index is 12.8. The van der Waals surface area contributed by atoms with Gasteiger partial charge < -0.3 is 49.6 Å². The van der Waals surface area contributed by atoms with Crippen LogP contribution < -0.4 is 0 Å². The molecule has 2 fully saturated rings. The number of epoxide rings is 1. The lowest BCUT2D eigenvalue weighted by atomic mass is 9.85. The van der Waals surface area contributed by atoms with E-state index in [1.807, 2.05) is 6.92 Å². The zero-order chi connectivity index (χ0) is 35.3. The van der Waals surface area contributed by atoms with Gasteiger partial charge in [0.15, 0.2) is 11.7 Å². The molecule has 0 amide bonds. The Hall–Kier alpha value is -3.11. The summed E-state index contributed by atoms with van der Waals surface area (Å²) in [6, 6.07) is 0. The second-order valence-corrected chi connectivity index (χ2v) is 12.8. The molecule has 0 aliphatic carbocycles. The fraction of sp³-hybridized carbons (Fsp3) is 0.781. The molecule has 0 spiro atoms. The maximum absolute atomic E-state index is 12.8. The van der Waals surface area contributed by atoms with Gasteiger partial charge in [0.05, 0.1) is 50.5 Å². The van der Waals surface area contributed by atoms with E-state index in [-0.39, 0.29) is 44.2 Å². The summed E-state index contributed by atoms with van der Waals surface area (Å²) < 4.78 is 22.4. The van der Waals surface area contributed by atoms with Crippen molar-refractivity contribution in [3.63, 3.8) is 0 Å². The predicted molar refractivity (Wildman–Crippen MR) is 162 cm³/mol. The molecule has 1 unspecified atom stereocenters. The van der Waals surface area contributed by atoms with Crippen molar-refractivity contribution in [1.82, 2.24) is 0 Å². The van der Waals surface area contributed by atoms with Gasteiger partial charge in [0.1, 0.15) is 6.10 Å². The molecule has 2 saturated heterocycles. The van der Waals surface area contributed by atoms with Crippen molar-refractivity contribution in [2.75, 3.05) is 13.2 Å². The van der Waals surface area contributed by atoms with Gasteiger partial charge in [-0.3, -0.25) is 14.4 Å². The number of rotatable bonds is 22. The molecule has 15 nitrogen and oxygen atoms in total. The normalized spacial score (nSPS) is 26.8. The summed E-state index contributed by atoms with van der Waals surface area (Å²) in [5.41, 5.74) is -2.46. The fourth-order valence-electron chi connectivity index (χ4n) is 5.61. The van der Waals surface area contributed by atoms with Crippen molar-refractivity contribution in [3.8, 4) is 0 Å². The molecule has 0 bridgehead atoms. The Bertz CT molecular complexity index is 1100. The lowest BCUT2D eigenvalue weighted by Crippen LogP contribution is -2.53. The lowest BCUT2D eigenvalue weighted by molar-refractivity contribution is -0.201. The molecular weight excluding hydrogens is 624 g/mol. The number of carboxylic acid groups (broad SMARTS) is 3. The number of carbonyl (C=O) groups excluding carboxylic acids is 2. The van der Waals surface area contributed by atoms with Crippen molar-refractivity contribution < 1.29 is 73.6 Å². The van der Waals surface area contributed by atoms with Crippen LogP contribution in [0.5, 0.6) is 0 Å². The van der Waals surface area contributed by atoms with Crippen LogP contribution in [0.15, 0.2) is 11.6 Å². The number of unbranched alkanes of at least 4 members (excludes halogenated alkanes) is 5. The largest absolute Gasteiger partial charge is 0.481 e. The maximum Gasteiger partial charge on any atom is 0.336 e. The molecule has 268 valence electrons. The lowest BCUT2D eigenvalue weighted by Gasteiger charge is -2.40. The molecule has 0 radical (unpaired) electrons. The van der Waals surface area contributed by atoms with Crippen molar-refractivity contribution in [2.24, 2.45) is 11.8 Å². The summed E-state index contributed by atoms with van der Waals surface area (Å²) in [6.07, 6.45) is -0.794. The number of carboxylic acids is 3. The fourth-order valence-corrected chi connectivity index (χ4v) is 5.61. The monoisotopic (exact) mass is 674 g/mol. The smallest absolute Gasteiger partial charge is 0.336 e. The molecule has 2 aliphatic rings. The summed E-state index contributed by atoms with van der Waals surface area (Å²) in [4.78, 5) is 58.4. The molecule has 2 aliphatic heterocycles. The van der Waals surface area contributed by atoms with Crippen LogP contribution >= 0.6 is 0 Å². The minimum Gasteiger partial charge on any atom is -0.481 e. The van der Waals surface area contributed by atoms with Gasteiger partial charge in [0.25, 0.3) is 0 Å². The Morgan fingerprint density at radius 2 is 1.57 bits per heavy atom. The summed E-state index contributed by atoms with van der Waals surface area (Å²) in [7, 11) is 0. The van der Waals surface area contributed by atoms with E-state index in [1.165, 1.54) is 6.08 Å². The number of esters is 2. The zero-order valence-electron chi connectivity index (χ0n) is 27.2. The first kappa shape index (κ1) is 40.1. The van der Waals surface area contributed by atoms with Crippen LogP contribution in [0.2, 0.25) is 0 Å². The molecule has 2 rings (SSSR count). The molecule has 6 N–H and O–H groups in total. The second-order valence-electron chi connectivity index (χ2n) is 12.8. The number of aliphatic hydroxyl groups is 3. The van der Waals surface area contributed by atoms with Gasteiger partial charge >= 0.3 is 29.8 Å². The molecular formula is C32H50O15. The van der Waals surface area contributed by atoms with Gasteiger partial charge in [-0.05, 0) is 39.5 Å². The van der Waals surface area contributed by atoms with E-state index in [4.69, 9.17) is 29.2 Å². The number of aliphatic carboxylic acids is 3. The first-order chi connectivity index (χ1) is 22.0. The number of carbonyl (C=O) groups is 5.